The number of anilines is 2. The van der Waals surface area contributed by atoms with E-state index in [0.29, 0.717) is 16.9 Å². The molecule has 2 aromatic carbocycles. The summed E-state index contributed by atoms with van der Waals surface area (Å²) in [5.41, 5.74) is 2.96. The molecule has 2 aromatic rings. The van der Waals surface area contributed by atoms with Crippen molar-refractivity contribution in [3.63, 3.8) is 0 Å². The van der Waals surface area contributed by atoms with Crippen LogP contribution < -0.4 is 10.0 Å². The molecule has 0 aliphatic carbocycles. The molecule has 1 amide bonds. The summed E-state index contributed by atoms with van der Waals surface area (Å²) in [6, 6.07) is 12.1. The summed E-state index contributed by atoms with van der Waals surface area (Å²) >= 11 is 0. The summed E-state index contributed by atoms with van der Waals surface area (Å²) in [7, 11) is -3.71. The van der Waals surface area contributed by atoms with Crippen molar-refractivity contribution >= 4 is 27.3 Å². The lowest BCUT2D eigenvalue weighted by molar-refractivity contribution is -0.115. The van der Waals surface area contributed by atoms with E-state index in [0.717, 1.165) is 12.0 Å². The Morgan fingerprint density at radius 3 is 2.71 bits per heavy atom. The molecule has 0 unspecified atom stereocenters. The minimum atomic E-state index is -3.71. The van der Waals surface area contributed by atoms with Crippen LogP contribution in [0.2, 0.25) is 0 Å². The molecule has 5 nitrogen and oxygen atoms in total. The van der Waals surface area contributed by atoms with Crippen LogP contribution in [0.5, 0.6) is 0 Å². The van der Waals surface area contributed by atoms with Crippen molar-refractivity contribution in [2.75, 3.05) is 10.0 Å². The lowest BCUT2D eigenvalue weighted by Gasteiger charge is -2.16. The van der Waals surface area contributed by atoms with Crippen LogP contribution in [0.4, 0.5) is 11.4 Å². The van der Waals surface area contributed by atoms with Crippen LogP contribution in [0.3, 0.4) is 0 Å². The predicted molar refractivity (Wildman–Crippen MR) is 94.7 cm³/mol. The minimum absolute atomic E-state index is 0.116. The third kappa shape index (κ3) is 3.14. The first-order chi connectivity index (χ1) is 11.4. The number of carbonyl (C=O) groups excluding carboxylic acids is 1. The molecule has 0 spiro atoms. The van der Waals surface area contributed by atoms with Crippen molar-refractivity contribution in [2.24, 2.45) is 0 Å². The van der Waals surface area contributed by atoms with Crippen LogP contribution >= 0.6 is 0 Å². The summed E-state index contributed by atoms with van der Waals surface area (Å²) in [6.07, 6.45) is 1.13. The Balaban J connectivity index is 1.93. The van der Waals surface area contributed by atoms with Crippen LogP contribution in [0.25, 0.3) is 0 Å². The van der Waals surface area contributed by atoms with Gasteiger partial charge in [-0.3, -0.25) is 9.52 Å². The maximum atomic E-state index is 12.7. The molecule has 24 heavy (non-hydrogen) atoms. The van der Waals surface area contributed by atoms with Crippen molar-refractivity contribution in [3.8, 4) is 0 Å². The topological polar surface area (TPSA) is 75.3 Å². The van der Waals surface area contributed by atoms with Crippen LogP contribution in [-0.4, -0.2) is 14.3 Å². The smallest absolute Gasteiger partial charge is 0.261 e. The summed E-state index contributed by atoms with van der Waals surface area (Å²) in [4.78, 5) is 11.6. The normalized spacial score (nSPS) is 14.8. The number of fused-ring (bicyclic) bond motifs is 1. The zero-order chi connectivity index (χ0) is 17.3. The van der Waals surface area contributed by atoms with E-state index in [2.05, 4.69) is 23.9 Å². The number of para-hydroxylation sites is 1. The Hall–Kier alpha value is -2.34. The number of carbonyl (C=O) groups is 1. The van der Waals surface area contributed by atoms with Gasteiger partial charge in [0.05, 0.1) is 17.0 Å². The summed E-state index contributed by atoms with van der Waals surface area (Å²) in [6.45, 7) is 4.14. The van der Waals surface area contributed by atoms with Gasteiger partial charge in [-0.1, -0.05) is 32.0 Å². The first kappa shape index (κ1) is 16.5. The summed E-state index contributed by atoms with van der Waals surface area (Å²) in [5, 5.41) is 2.70. The molecule has 126 valence electrons. The van der Waals surface area contributed by atoms with Crippen molar-refractivity contribution < 1.29 is 13.2 Å². The second-order valence-corrected chi connectivity index (χ2v) is 7.73. The SMILES string of the molecule is CC[C@H](C)c1ccccc1NS(=O)(=O)c1ccc2c(c1)CC(=O)N2. The Bertz CT molecular complexity index is 891. The molecule has 2 N–H and O–H groups in total. The van der Waals surface area contributed by atoms with Crippen molar-refractivity contribution in [2.45, 2.75) is 37.5 Å². The van der Waals surface area contributed by atoms with E-state index < -0.39 is 10.0 Å². The van der Waals surface area contributed by atoms with Gasteiger partial charge in [0.15, 0.2) is 0 Å². The molecule has 0 bridgehead atoms. The monoisotopic (exact) mass is 344 g/mol. The molecular formula is C18H20N2O3S. The van der Waals surface area contributed by atoms with E-state index in [1.165, 1.54) is 6.07 Å². The molecule has 1 heterocycles. The standard InChI is InChI=1S/C18H20N2O3S/c1-3-12(2)15-6-4-5-7-17(15)20-24(22,23)14-8-9-16-13(10-14)11-18(21)19-16/h4-10,12,20H,3,11H2,1-2H3,(H,19,21)/t12-/m0/s1. The maximum Gasteiger partial charge on any atom is 0.261 e. The van der Waals surface area contributed by atoms with Crippen molar-refractivity contribution in [1.29, 1.82) is 0 Å². The molecule has 0 saturated carbocycles. The zero-order valence-electron chi connectivity index (χ0n) is 13.7. The molecule has 6 heteroatoms. The third-order valence-corrected chi connectivity index (χ3v) is 5.72. The number of hydrogen-bond donors (Lipinski definition) is 2. The quantitative estimate of drug-likeness (QED) is 0.872. The minimum Gasteiger partial charge on any atom is -0.326 e. The molecule has 1 aliphatic heterocycles. The molecule has 1 atom stereocenters. The fourth-order valence-corrected chi connectivity index (χ4v) is 3.95. The molecule has 1 aliphatic rings. The van der Waals surface area contributed by atoms with Crippen molar-refractivity contribution in [3.05, 3.63) is 53.6 Å². The largest absolute Gasteiger partial charge is 0.326 e. The number of rotatable bonds is 5. The lowest BCUT2D eigenvalue weighted by atomic mass is 9.97. The highest BCUT2D eigenvalue weighted by atomic mass is 32.2. The van der Waals surface area contributed by atoms with Gasteiger partial charge < -0.3 is 5.32 Å². The van der Waals surface area contributed by atoms with E-state index in [1.54, 1.807) is 18.2 Å². The highest BCUT2D eigenvalue weighted by Gasteiger charge is 2.22. The number of amides is 1. The van der Waals surface area contributed by atoms with E-state index in [1.807, 2.05) is 18.2 Å². The second kappa shape index (κ2) is 6.28. The maximum absolute atomic E-state index is 12.7. The highest BCUT2D eigenvalue weighted by molar-refractivity contribution is 7.92. The fraction of sp³-hybridized carbons (Fsp3) is 0.278. The first-order valence-electron chi connectivity index (χ1n) is 7.95. The number of hydrogen-bond acceptors (Lipinski definition) is 3. The van der Waals surface area contributed by atoms with E-state index in [-0.39, 0.29) is 23.1 Å². The predicted octanol–water partition coefficient (Wildman–Crippen LogP) is 3.50. The molecule has 0 radical (unpaired) electrons. The van der Waals surface area contributed by atoms with Gasteiger partial charge in [0, 0.05) is 5.69 Å². The average Bonchev–Trinajstić information content (AvgIpc) is 2.93. The Morgan fingerprint density at radius 2 is 1.96 bits per heavy atom. The molecule has 0 aromatic heterocycles. The van der Waals surface area contributed by atoms with Crippen LogP contribution in [-0.2, 0) is 21.2 Å². The van der Waals surface area contributed by atoms with Gasteiger partial charge >= 0.3 is 0 Å². The molecular weight excluding hydrogens is 324 g/mol. The Labute approximate surface area is 142 Å². The zero-order valence-corrected chi connectivity index (χ0v) is 14.5. The Morgan fingerprint density at radius 1 is 1.21 bits per heavy atom. The number of sulfonamides is 1. The summed E-state index contributed by atoms with van der Waals surface area (Å²) in [5.74, 6) is 0.139. The van der Waals surface area contributed by atoms with Crippen LogP contribution in [0, 0.1) is 0 Å². The van der Waals surface area contributed by atoms with E-state index in [9.17, 15) is 13.2 Å². The van der Waals surface area contributed by atoms with Gasteiger partial charge in [0.2, 0.25) is 5.91 Å². The van der Waals surface area contributed by atoms with Gasteiger partial charge in [-0.2, -0.15) is 0 Å². The van der Waals surface area contributed by atoms with E-state index in [4.69, 9.17) is 0 Å². The van der Waals surface area contributed by atoms with Gasteiger partial charge in [-0.25, -0.2) is 8.42 Å². The van der Waals surface area contributed by atoms with Crippen LogP contribution in [0.1, 0.15) is 37.3 Å². The van der Waals surface area contributed by atoms with Gasteiger partial charge in [0.25, 0.3) is 10.0 Å². The second-order valence-electron chi connectivity index (χ2n) is 6.05. The molecule has 3 rings (SSSR count). The van der Waals surface area contributed by atoms with Gasteiger partial charge in [-0.05, 0) is 47.7 Å². The Kier molecular flexibility index (Phi) is 4.32. The van der Waals surface area contributed by atoms with Gasteiger partial charge in [0.1, 0.15) is 0 Å². The lowest BCUT2D eigenvalue weighted by Crippen LogP contribution is -2.15. The van der Waals surface area contributed by atoms with Gasteiger partial charge in [-0.15, -0.1) is 0 Å². The highest BCUT2D eigenvalue weighted by Crippen LogP contribution is 2.30. The van der Waals surface area contributed by atoms with Crippen molar-refractivity contribution in [1.82, 2.24) is 0 Å². The van der Waals surface area contributed by atoms with E-state index >= 15 is 0 Å². The average molecular weight is 344 g/mol. The first-order valence-corrected chi connectivity index (χ1v) is 9.43. The molecule has 0 fully saturated rings. The number of nitrogens with one attached hydrogen (secondary N) is 2. The summed E-state index contributed by atoms with van der Waals surface area (Å²) < 4.78 is 28.1. The van der Waals surface area contributed by atoms with Crippen LogP contribution in [0.15, 0.2) is 47.4 Å². The third-order valence-electron chi connectivity index (χ3n) is 4.36. The fourth-order valence-electron chi connectivity index (χ4n) is 2.82. The number of benzene rings is 2. The molecule has 0 saturated heterocycles.